The topological polar surface area (TPSA) is 97.7 Å². The highest BCUT2D eigenvalue weighted by Gasteiger charge is 2.34. The van der Waals surface area contributed by atoms with Crippen LogP contribution in [0.4, 0.5) is 11.8 Å². The lowest BCUT2D eigenvalue weighted by atomic mass is 10.1. The molecule has 0 bridgehead atoms. The largest absolute Gasteiger partial charge is 0.377 e. The van der Waals surface area contributed by atoms with Gasteiger partial charge in [0.2, 0.25) is 0 Å². The summed E-state index contributed by atoms with van der Waals surface area (Å²) in [4.78, 5) is 8.58. The molecule has 3 aromatic rings. The van der Waals surface area contributed by atoms with Crippen molar-refractivity contribution in [3.05, 3.63) is 23.8 Å². The molecule has 5 rings (SSSR count). The molecule has 136 valence electrons. The van der Waals surface area contributed by atoms with E-state index in [0.29, 0.717) is 30.4 Å². The minimum atomic E-state index is 0.298. The number of ether oxygens (including phenoxy) is 1. The summed E-state index contributed by atoms with van der Waals surface area (Å²) in [6.45, 7) is 2.04. The second-order valence-corrected chi connectivity index (χ2v) is 6.89. The molecule has 0 amide bonds. The van der Waals surface area contributed by atoms with E-state index < -0.39 is 0 Å². The molecule has 1 aliphatic heterocycles. The summed E-state index contributed by atoms with van der Waals surface area (Å²) in [5.41, 5.74) is 0.807. The summed E-state index contributed by atoms with van der Waals surface area (Å²) in [5, 5.41) is 17.2. The molecule has 0 radical (unpaired) electrons. The third-order valence-corrected chi connectivity index (χ3v) is 4.98. The molecule has 0 spiro atoms. The average molecular weight is 356 g/mol. The minimum absolute atomic E-state index is 0.298. The Kier molecular flexibility index (Phi) is 3.52. The zero-order valence-corrected chi connectivity index (χ0v) is 14.7. The van der Waals surface area contributed by atoms with Gasteiger partial charge in [-0.05, 0) is 25.0 Å². The lowest BCUT2D eigenvalue weighted by molar-refractivity contribution is 0.174. The van der Waals surface area contributed by atoms with Crippen LogP contribution in [0.1, 0.15) is 30.4 Å². The molecule has 0 aromatic carbocycles. The Morgan fingerprint density at radius 2 is 2.12 bits per heavy atom. The van der Waals surface area contributed by atoms with Crippen molar-refractivity contribution in [3.8, 4) is 0 Å². The van der Waals surface area contributed by atoms with Crippen LogP contribution in [0.5, 0.6) is 0 Å². The van der Waals surface area contributed by atoms with Crippen molar-refractivity contribution < 1.29 is 9.26 Å². The van der Waals surface area contributed by atoms with Crippen LogP contribution in [-0.2, 0) is 11.3 Å². The fourth-order valence-electron chi connectivity index (χ4n) is 3.18. The fraction of sp³-hybridized carbons (Fsp3) is 0.562. The summed E-state index contributed by atoms with van der Waals surface area (Å²) >= 11 is 0. The van der Waals surface area contributed by atoms with E-state index in [0.717, 1.165) is 30.4 Å². The van der Waals surface area contributed by atoms with E-state index in [1.54, 1.807) is 7.11 Å². The van der Waals surface area contributed by atoms with Gasteiger partial charge in [0, 0.05) is 33.2 Å². The van der Waals surface area contributed by atoms with Crippen molar-refractivity contribution in [3.63, 3.8) is 0 Å². The first kappa shape index (κ1) is 15.5. The first-order chi connectivity index (χ1) is 12.7. The highest BCUT2D eigenvalue weighted by atomic mass is 16.5. The molecule has 0 unspecified atom stereocenters. The number of methoxy groups -OCH3 is 1. The first-order valence-corrected chi connectivity index (χ1v) is 8.74. The Morgan fingerprint density at radius 1 is 1.27 bits per heavy atom. The number of fused-ring (bicyclic) bond motifs is 1. The molecule has 0 N–H and O–H groups in total. The maximum Gasteiger partial charge on any atom is 0.324 e. The Morgan fingerprint density at radius 3 is 2.88 bits per heavy atom. The predicted octanol–water partition coefficient (Wildman–Crippen LogP) is 0.856. The maximum absolute atomic E-state index is 5.30. The van der Waals surface area contributed by atoms with Crippen molar-refractivity contribution in [1.29, 1.82) is 0 Å². The van der Waals surface area contributed by atoms with E-state index in [9.17, 15) is 0 Å². The van der Waals surface area contributed by atoms with Crippen molar-refractivity contribution in [2.75, 3.05) is 37.0 Å². The average Bonchev–Trinajstić information content (AvgIpc) is 3.18. The van der Waals surface area contributed by atoms with Crippen LogP contribution < -0.4 is 9.80 Å². The van der Waals surface area contributed by atoms with Gasteiger partial charge in [-0.1, -0.05) is 5.16 Å². The minimum Gasteiger partial charge on any atom is -0.377 e. The Labute approximate surface area is 149 Å². The Hall–Kier alpha value is -2.75. The zero-order chi connectivity index (χ0) is 17.7. The smallest absolute Gasteiger partial charge is 0.324 e. The Balaban J connectivity index is 1.28. The highest BCUT2D eigenvalue weighted by Crippen LogP contribution is 2.38. The summed E-state index contributed by atoms with van der Waals surface area (Å²) in [6.07, 6.45) is 2.36. The molecule has 1 aliphatic carbocycles. The summed E-state index contributed by atoms with van der Waals surface area (Å²) in [7, 11) is 3.57. The number of hydrogen-bond donors (Lipinski definition) is 0. The van der Waals surface area contributed by atoms with Gasteiger partial charge in [-0.15, -0.1) is 15.3 Å². The van der Waals surface area contributed by atoms with Crippen LogP contribution in [0.15, 0.2) is 16.7 Å². The molecule has 2 aliphatic rings. The van der Waals surface area contributed by atoms with Crippen LogP contribution in [0.2, 0.25) is 0 Å². The molecule has 0 atom stereocenters. The quantitative estimate of drug-likeness (QED) is 0.636. The van der Waals surface area contributed by atoms with Crippen LogP contribution in [-0.4, -0.2) is 63.2 Å². The second kappa shape index (κ2) is 5.90. The number of rotatable bonds is 6. The highest BCUT2D eigenvalue weighted by molar-refractivity contribution is 5.49. The van der Waals surface area contributed by atoms with E-state index in [2.05, 4.69) is 25.2 Å². The van der Waals surface area contributed by atoms with E-state index in [1.807, 2.05) is 28.6 Å². The molecular formula is C16H20N8O2. The number of nitrogens with zero attached hydrogens (tertiary/aromatic N) is 8. The van der Waals surface area contributed by atoms with Gasteiger partial charge < -0.3 is 19.1 Å². The third-order valence-electron chi connectivity index (χ3n) is 4.98. The third kappa shape index (κ3) is 2.57. The molecule has 26 heavy (non-hydrogen) atoms. The van der Waals surface area contributed by atoms with Gasteiger partial charge >= 0.3 is 6.01 Å². The summed E-state index contributed by atoms with van der Waals surface area (Å²) in [6, 6.07) is 4.79. The van der Waals surface area contributed by atoms with E-state index in [4.69, 9.17) is 14.4 Å². The lowest BCUT2D eigenvalue weighted by Crippen LogP contribution is -2.59. The van der Waals surface area contributed by atoms with Gasteiger partial charge in [0.15, 0.2) is 17.3 Å². The van der Waals surface area contributed by atoms with Gasteiger partial charge in [0.05, 0.1) is 6.04 Å². The van der Waals surface area contributed by atoms with E-state index >= 15 is 0 Å². The number of likely N-dealkylation sites (N-methyl/N-ethyl adjacent to an activating group) is 1. The second-order valence-electron chi connectivity index (χ2n) is 6.89. The number of hydrogen-bond acceptors (Lipinski definition) is 9. The molecular weight excluding hydrogens is 336 g/mol. The van der Waals surface area contributed by atoms with Gasteiger partial charge in [-0.2, -0.15) is 9.50 Å². The van der Waals surface area contributed by atoms with Crippen molar-refractivity contribution in [2.24, 2.45) is 0 Å². The van der Waals surface area contributed by atoms with Gasteiger partial charge in [0.25, 0.3) is 0 Å². The van der Waals surface area contributed by atoms with E-state index in [1.165, 1.54) is 12.8 Å². The van der Waals surface area contributed by atoms with Crippen LogP contribution in [0, 0.1) is 0 Å². The Bertz CT molecular complexity index is 927. The van der Waals surface area contributed by atoms with Crippen molar-refractivity contribution >= 4 is 17.5 Å². The van der Waals surface area contributed by atoms with Crippen LogP contribution >= 0.6 is 0 Å². The molecule has 10 heteroatoms. The molecule has 10 nitrogen and oxygen atoms in total. The van der Waals surface area contributed by atoms with Crippen LogP contribution in [0.25, 0.3) is 5.65 Å². The normalized spacial score (nSPS) is 17.7. The van der Waals surface area contributed by atoms with Crippen LogP contribution in [0.3, 0.4) is 0 Å². The van der Waals surface area contributed by atoms with Crippen molar-refractivity contribution in [1.82, 2.24) is 30.0 Å². The number of aromatic nitrogens is 6. The predicted molar refractivity (Wildman–Crippen MR) is 92.2 cm³/mol. The van der Waals surface area contributed by atoms with Gasteiger partial charge in [0.1, 0.15) is 12.4 Å². The van der Waals surface area contributed by atoms with Crippen molar-refractivity contribution in [2.45, 2.75) is 31.4 Å². The molecule has 3 aromatic heterocycles. The summed E-state index contributed by atoms with van der Waals surface area (Å²) < 4.78 is 12.2. The van der Waals surface area contributed by atoms with Gasteiger partial charge in [-0.25, -0.2) is 0 Å². The lowest BCUT2D eigenvalue weighted by Gasteiger charge is -2.43. The standard InChI is InChI=1S/C16H20N8O2/c1-22(16-17-12(9-25-2)21-26-16)11-7-23(8-11)14-6-5-13-18-19-15(10-3-4-10)24(13)20-14/h5-6,10-11H,3-4,7-9H2,1-2H3. The first-order valence-electron chi connectivity index (χ1n) is 8.74. The number of anilines is 2. The fourth-order valence-corrected chi connectivity index (χ4v) is 3.18. The maximum atomic E-state index is 5.30. The van der Waals surface area contributed by atoms with Gasteiger partial charge in [-0.3, -0.25) is 0 Å². The zero-order valence-electron chi connectivity index (χ0n) is 14.7. The SMILES string of the molecule is COCc1noc(N(C)C2CN(c3ccc4nnc(C5CC5)n4n3)C2)n1. The molecule has 1 saturated heterocycles. The molecule has 4 heterocycles. The van der Waals surface area contributed by atoms with E-state index in [-0.39, 0.29) is 0 Å². The monoisotopic (exact) mass is 356 g/mol. The summed E-state index contributed by atoms with van der Waals surface area (Å²) in [5.74, 6) is 2.99. The molecule has 1 saturated carbocycles. The molecule has 2 fully saturated rings.